The summed E-state index contributed by atoms with van der Waals surface area (Å²) in [5.74, 6) is 0.114. The zero-order chi connectivity index (χ0) is 11.4. The molecule has 1 atom stereocenters. The average molecular weight is 238 g/mol. The lowest BCUT2D eigenvalue weighted by atomic mass is 10.3. The van der Waals surface area contributed by atoms with Gasteiger partial charge in [-0.15, -0.1) is 11.3 Å². The molecule has 2 rings (SSSR count). The molecule has 3 nitrogen and oxygen atoms in total. The summed E-state index contributed by atoms with van der Waals surface area (Å²) in [6.07, 6.45) is 3.36. The second-order valence-corrected chi connectivity index (χ2v) is 5.32. The van der Waals surface area contributed by atoms with Gasteiger partial charge >= 0.3 is 0 Å². The maximum Gasteiger partial charge on any atom is 0.236 e. The fourth-order valence-corrected chi connectivity index (χ4v) is 2.31. The van der Waals surface area contributed by atoms with Crippen LogP contribution in [0.1, 0.15) is 24.6 Å². The number of nitrogens with one attached hydrogen (secondary N) is 2. The zero-order valence-electron chi connectivity index (χ0n) is 9.53. The standard InChI is InChI=1S/C12H18N2OS/c1-9(14-10-4-5-10)12(15)13-7-6-11-3-2-8-16-11/h2-3,8-10,14H,4-7H2,1H3,(H,13,15). The summed E-state index contributed by atoms with van der Waals surface area (Å²) in [7, 11) is 0. The molecule has 2 N–H and O–H groups in total. The van der Waals surface area contributed by atoms with Gasteiger partial charge in [-0.1, -0.05) is 6.07 Å². The van der Waals surface area contributed by atoms with Gasteiger partial charge < -0.3 is 10.6 Å². The molecule has 0 saturated heterocycles. The van der Waals surface area contributed by atoms with Gasteiger partial charge in [0, 0.05) is 17.5 Å². The van der Waals surface area contributed by atoms with Crippen molar-refractivity contribution in [1.82, 2.24) is 10.6 Å². The molecule has 0 aliphatic heterocycles. The smallest absolute Gasteiger partial charge is 0.236 e. The van der Waals surface area contributed by atoms with E-state index in [1.807, 2.05) is 13.0 Å². The van der Waals surface area contributed by atoms with E-state index in [9.17, 15) is 4.79 Å². The first kappa shape index (κ1) is 11.6. The highest BCUT2D eigenvalue weighted by Crippen LogP contribution is 2.19. The van der Waals surface area contributed by atoms with Crippen molar-refractivity contribution in [2.24, 2.45) is 0 Å². The lowest BCUT2D eigenvalue weighted by molar-refractivity contribution is -0.122. The van der Waals surface area contributed by atoms with Crippen LogP contribution in [0.15, 0.2) is 17.5 Å². The number of rotatable bonds is 6. The maximum absolute atomic E-state index is 11.7. The number of amides is 1. The predicted octanol–water partition coefficient (Wildman–Crippen LogP) is 1.55. The molecule has 0 aromatic carbocycles. The first-order valence-electron chi connectivity index (χ1n) is 5.82. The van der Waals surface area contributed by atoms with Gasteiger partial charge in [-0.25, -0.2) is 0 Å². The highest BCUT2D eigenvalue weighted by Gasteiger charge is 2.25. The quantitative estimate of drug-likeness (QED) is 0.789. The highest BCUT2D eigenvalue weighted by atomic mass is 32.1. The van der Waals surface area contributed by atoms with E-state index >= 15 is 0 Å². The molecule has 1 saturated carbocycles. The minimum Gasteiger partial charge on any atom is -0.354 e. The lowest BCUT2D eigenvalue weighted by Gasteiger charge is -2.12. The van der Waals surface area contributed by atoms with E-state index in [0.29, 0.717) is 6.04 Å². The SMILES string of the molecule is CC(NC1CC1)C(=O)NCCc1cccs1. The Morgan fingerprint density at radius 1 is 1.62 bits per heavy atom. The van der Waals surface area contributed by atoms with E-state index in [4.69, 9.17) is 0 Å². The molecule has 1 unspecified atom stereocenters. The largest absolute Gasteiger partial charge is 0.354 e. The lowest BCUT2D eigenvalue weighted by Crippen LogP contribution is -2.43. The number of hydrogen-bond donors (Lipinski definition) is 2. The first-order chi connectivity index (χ1) is 7.75. The molecule has 16 heavy (non-hydrogen) atoms. The van der Waals surface area contributed by atoms with Gasteiger partial charge in [0.05, 0.1) is 6.04 Å². The van der Waals surface area contributed by atoms with Crippen LogP contribution < -0.4 is 10.6 Å². The Balaban J connectivity index is 1.62. The molecule has 0 bridgehead atoms. The van der Waals surface area contributed by atoms with Crippen molar-refractivity contribution in [3.63, 3.8) is 0 Å². The number of carbonyl (C=O) groups excluding carboxylic acids is 1. The second-order valence-electron chi connectivity index (χ2n) is 4.28. The van der Waals surface area contributed by atoms with Gasteiger partial charge in [0.2, 0.25) is 5.91 Å². The second kappa shape index (κ2) is 5.46. The van der Waals surface area contributed by atoms with Gasteiger partial charge in [-0.2, -0.15) is 0 Å². The Labute approximate surface area is 100 Å². The Hall–Kier alpha value is -0.870. The monoisotopic (exact) mass is 238 g/mol. The van der Waals surface area contributed by atoms with Crippen molar-refractivity contribution >= 4 is 17.2 Å². The van der Waals surface area contributed by atoms with Gasteiger partial charge in [0.15, 0.2) is 0 Å². The van der Waals surface area contributed by atoms with Crippen LogP contribution >= 0.6 is 11.3 Å². The molecule has 1 heterocycles. The van der Waals surface area contributed by atoms with Gasteiger partial charge in [0.1, 0.15) is 0 Å². The zero-order valence-corrected chi connectivity index (χ0v) is 10.3. The third kappa shape index (κ3) is 3.61. The molecular formula is C12H18N2OS. The fourth-order valence-electron chi connectivity index (χ4n) is 1.60. The normalized spacial score (nSPS) is 17.1. The summed E-state index contributed by atoms with van der Waals surface area (Å²) in [6.45, 7) is 2.66. The summed E-state index contributed by atoms with van der Waals surface area (Å²) >= 11 is 1.74. The van der Waals surface area contributed by atoms with Crippen molar-refractivity contribution in [3.8, 4) is 0 Å². The van der Waals surface area contributed by atoms with Crippen molar-refractivity contribution in [2.75, 3.05) is 6.54 Å². The molecule has 0 radical (unpaired) electrons. The Kier molecular flexibility index (Phi) is 3.96. The molecule has 0 spiro atoms. The van der Waals surface area contributed by atoms with Crippen molar-refractivity contribution < 1.29 is 4.79 Å². The summed E-state index contributed by atoms with van der Waals surface area (Å²) in [6, 6.07) is 4.66. The van der Waals surface area contributed by atoms with Crippen LogP contribution in [0.25, 0.3) is 0 Å². The average Bonchev–Trinajstić information content (AvgIpc) is 2.93. The third-order valence-electron chi connectivity index (χ3n) is 2.71. The van der Waals surface area contributed by atoms with E-state index in [2.05, 4.69) is 22.1 Å². The van der Waals surface area contributed by atoms with Crippen LogP contribution in [0, 0.1) is 0 Å². The van der Waals surface area contributed by atoms with Gasteiger partial charge in [-0.3, -0.25) is 4.79 Å². The van der Waals surface area contributed by atoms with Gasteiger partial charge in [0.25, 0.3) is 0 Å². The summed E-state index contributed by atoms with van der Waals surface area (Å²) in [5, 5.41) is 8.31. The van der Waals surface area contributed by atoms with E-state index in [0.717, 1.165) is 13.0 Å². The van der Waals surface area contributed by atoms with Crippen LogP contribution in [-0.4, -0.2) is 24.5 Å². The summed E-state index contributed by atoms with van der Waals surface area (Å²) in [5.41, 5.74) is 0. The van der Waals surface area contributed by atoms with Crippen LogP contribution in [0.4, 0.5) is 0 Å². The number of carbonyl (C=O) groups is 1. The van der Waals surface area contributed by atoms with Crippen LogP contribution in [-0.2, 0) is 11.2 Å². The Morgan fingerprint density at radius 2 is 2.44 bits per heavy atom. The fraction of sp³-hybridized carbons (Fsp3) is 0.583. The van der Waals surface area contributed by atoms with E-state index in [-0.39, 0.29) is 11.9 Å². The summed E-state index contributed by atoms with van der Waals surface area (Å²) < 4.78 is 0. The molecule has 1 aliphatic carbocycles. The highest BCUT2D eigenvalue weighted by molar-refractivity contribution is 7.09. The van der Waals surface area contributed by atoms with E-state index in [1.54, 1.807) is 11.3 Å². The summed E-state index contributed by atoms with van der Waals surface area (Å²) in [4.78, 5) is 13.0. The van der Waals surface area contributed by atoms with Crippen molar-refractivity contribution in [2.45, 2.75) is 38.3 Å². The first-order valence-corrected chi connectivity index (χ1v) is 6.70. The number of thiophene rings is 1. The molecule has 1 aromatic heterocycles. The van der Waals surface area contributed by atoms with Crippen LogP contribution in [0.5, 0.6) is 0 Å². The molecule has 1 amide bonds. The van der Waals surface area contributed by atoms with Crippen molar-refractivity contribution in [3.05, 3.63) is 22.4 Å². The van der Waals surface area contributed by atoms with E-state index in [1.165, 1.54) is 17.7 Å². The van der Waals surface area contributed by atoms with Crippen molar-refractivity contribution in [1.29, 1.82) is 0 Å². The maximum atomic E-state index is 11.7. The Bertz CT molecular complexity index is 333. The molecular weight excluding hydrogens is 220 g/mol. The molecule has 1 aromatic rings. The molecule has 4 heteroatoms. The number of hydrogen-bond acceptors (Lipinski definition) is 3. The topological polar surface area (TPSA) is 41.1 Å². The minimum atomic E-state index is -0.0594. The molecule has 1 aliphatic rings. The van der Waals surface area contributed by atoms with Crippen LogP contribution in [0.2, 0.25) is 0 Å². The van der Waals surface area contributed by atoms with E-state index < -0.39 is 0 Å². The molecule has 1 fully saturated rings. The predicted molar refractivity (Wildman–Crippen MR) is 66.7 cm³/mol. The minimum absolute atomic E-state index is 0.0594. The molecule has 88 valence electrons. The third-order valence-corrected chi connectivity index (χ3v) is 3.64. The Morgan fingerprint density at radius 3 is 3.06 bits per heavy atom. The van der Waals surface area contributed by atoms with Gasteiger partial charge in [-0.05, 0) is 37.6 Å². The van der Waals surface area contributed by atoms with Crippen LogP contribution in [0.3, 0.4) is 0 Å².